The number of nitrogens with zero attached hydrogens (tertiary/aromatic N) is 5. The molecule has 0 atom stereocenters. The first-order valence-electron chi connectivity index (χ1n) is 5.71. The fraction of sp³-hybridized carbons (Fsp3) is 0.545. The Morgan fingerprint density at radius 3 is 2.94 bits per heavy atom. The Hall–Kier alpha value is -1.36. The van der Waals surface area contributed by atoms with Gasteiger partial charge < -0.3 is 0 Å². The quantitative estimate of drug-likeness (QED) is 0.761. The monoisotopic (exact) mass is 253 g/mol. The SMILES string of the molecule is CCn1nc(C)cc1Cn1cc(CCCl)nn1. The molecule has 0 saturated carbocycles. The van der Waals surface area contributed by atoms with Crippen LogP contribution in [0.4, 0.5) is 0 Å². The Labute approximate surface area is 105 Å². The zero-order valence-corrected chi connectivity index (χ0v) is 10.9. The molecule has 92 valence electrons. The molecule has 2 aromatic rings. The second-order valence-corrected chi connectivity index (χ2v) is 4.32. The molecule has 0 aliphatic carbocycles. The molecule has 0 aromatic carbocycles. The number of aromatic nitrogens is 5. The van der Waals surface area contributed by atoms with Crippen LogP contribution in [-0.2, 0) is 19.5 Å². The number of rotatable bonds is 5. The van der Waals surface area contributed by atoms with E-state index in [9.17, 15) is 0 Å². The van der Waals surface area contributed by atoms with E-state index in [0.717, 1.165) is 30.0 Å². The van der Waals surface area contributed by atoms with Crippen molar-refractivity contribution in [3.63, 3.8) is 0 Å². The van der Waals surface area contributed by atoms with Crippen molar-refractivity contribution in [3.8, 4) is 0 Å². The molecular formula is C11H16ClN5. The van der Waals surface area contributed by atoms with E-state index >= 15 is 0 Å². The van der Waals surface area contributed by atoms with Crippen LogP contribution in [0, 0.1) is 6.92 Å². The maximum Gasteiger partial charge on any atom is 0.0846 e. The van der Waals surface area contributed by atoms with Crippen molar-refractivity contribution >= 4 is 11.6 Å². The van der Waals surface area contributed by atoms with E-state index in [1.807, 2.05) is 22.5 Å². The van der Waals surface area contributed by atoms with Gasteiger partial charge in [-0.15, -0.1) is 16.7 Å². The summed E-state index contributed by atoms with van der Waals surface area (Å²) in [4.78, 5) is 0. The van der Waals surface area contributed by atoms with Crippen LogP contribution >= 0.6 is 11.6 Å². The van der Waals surface area contributed by atoms with Crippen molar-refractivity contribution in [1.82, 2.24) is 24.8 Å². The topological polar surface area (TPSA) is 48.5 Å². The number of hydrogen-bond donors (Lipinski definition) is 0. The third-order valence-corrected chi connectivity index (χ3v) is 2.73. The summed E-state index contributed by atoms with van der Waals surface area (Å²) in [5.74, 6) is 0.574. The van der Waals surface area contributed by atoms with Crippen molar-refractivity contribution in [3.05, 3.63) is 29.3 Å². The van der Waals surface area contributed by atoms with E-state index in [4.69, 9.17) is 11.6 Å². The Balaban J connectivity index is 2.13. The van der Waals surface area contributed by atoms with Crippen LogP contribution in [0.1, 0.15) is 24.0 Å². The van der Waals surface area contributed by atoms with Crippen LogP contribution in [0.15, 0.2) is 12.3 Å². The molecule has 6 heteroatoms. The van der Waals surface area contributed by atoms with Crippen LogP contribution in [0.25, 0.3) is 0 Å². The van der Waals surface area contributed by atoms with Gasteiger partial charge in [0.15, 0.2) is 0 Å². The van der Waals surface area contributed by atoms with Gasteiger partial charge >= 0.3 is 0 Å². The predicted octanol–water partition coefficient (Wildman–Crippen LogP) is 1.63. The fourth-order valence-electron chi connectivity index (χ4n) is 1.79. The molecule has 5 nitrogen and oxygen atoms in total. The van der Waals surface area contributed by atoms with Gasteiger partial charge in [-0.3, -0.25) is 4.68 Å². The molecule has 0 N–H and O–H groups in total. The maximum absolute atomic E-state index is 5.67. The van der Waals surface area contributed by atoms with Crippen LogP contribution in [0.3, 0.4) is 0 Å². The highest BCUT2D eigenvalue weighted by Gasteiger charge is 2.06. The summed E-state index contributed by atoms with van der Waals surface area (Å²) in [6, 6.07) is 2.08. The van der Waals surface area contributed by atoms with Crippen LogP contribution in [0.5, 0.6) is 0 Å². The van der Waals surface area contributed by atoms with Gasteiger partial charge in [0.05, 0.1) is 23.6 Å². The smallest absolute Gasteiger partial charge is 0.0846 e. The second kappa shape index (κ2) is 5.31. The molecule has 0 fully saturated rings. The molecule has 0 saturated heterocycles. The largest absolute Gasteiger partial charge is 0.268 e. The number of aryl methyl sites for hydroxylation is 3. The lowest BCUT2D eigenvalue weighted by Crippen LogP contribution is -2.08. The van der Waals surface area contributed by atoms with Gasteiger partial charge in [0.25, 0.3) is 0 Å². The Morgan fingerprint density at radius 2 is 2.24 bits per heavy atom. The lowest BCUT2D eigenvalue weighted by Gasteiger charge is -2.03. The fourth-order valence-corrected chi connectivity index (χ4v) is 1.99. The van der Waals surface area contributed by atoms with E-state index in [-0.39, 0.29) is 0 Å². The van der Waals surface area contributed by atoms with Gasteiger partial charge in [-0.1, -0.05) is 5.21 Å². The van der Waals surface area contributed by atoms with Gasteiger partial charge in [0.1, 0.15) is 0 Å². The molecule has 0 aliphatic rings. The van der Waals surface area contributed by atoms with E-state index in [2.05, 4.69) is 28.4 Å². The van der Waals surface area contributed by atoms with E-state index in [0.29, 0.717) is 12.4 Å². The first-order valence-corrected chi connectivity index (χ1v) is 6.24. The summed E-state index contributed by atoms with van der Waals surface area (Å²) in [5, 5.41) is 12.5. The standard InChI is InChI=1S/C11H16ClN5/c1-3-17-11(6-9(2)14-17)8-16-7-10(4-5-12)13-15-16/h6-7H,3-5,8H2,1-2H3. The molecule has 0 spiro atoms. The van der Waals surface area contributed by atoms with Gasteiger partial charge in [-0.05, 0) is 19.9 Å². The number of alkyl halides is 1. The average molecular weight is 254 g/mol. The minimum atomic E-state index is 0.574. The molecule has 2 rings (SSSR count). The minimum absolute atomic E-state index is 0.574. The molecule has 0 amide bonds. The minimum Gasteiger partial charge on any atom is -0.268 e. The third-order valence-electron chi connectivity index (χ3n) is 2.55. The second-order valence-electron chi connectivity index (χ2n) is 3.94. The van der Waals surface area contributed by atoms with Crippen molar-refractivity contribution < 1.29 is 0 Å². The van der Waals surface area contributed by atoms with Gasteiger partial charge in [0.2, 0.25) is 0 Å². The highest BCUT2D eigenvalue weighted by molar-refractivity contribution is 6.17. The molecule has 0 bridgehead atoms. The maximum atomic E-state index is 5.67. The summed E-state index contributed by atoms with van der Waals surface area (Å²) in [5.41, 5.74) is 3.11. The number of halogens is 1. The lowest BCUT2D eigenvalue weighted by atomic mass is 10.3. The Bertz CT molecular complexity index is 488. The molecule has 17 heavy (non-hydrogen) atoms. The summed E-state index contributed by atoms with van der Waals surface area (Å²) in [6.45, 7) is 5.64. The zero-order chi connectivity index (χ0) is 12.3. The summed E-state index contributed by atoms with van der Waals surface area (Å²) >= 11 is 5.67. The van der Waals surface area contributed by atoms with Crippen LogP contribution in [0.2, 0.25) is 0 Å². The summed E-state index contributed by atoms with van der Waals surface area (Å²) in [7, 11) is 0. The highest BCUT2D eigenvalue weighted by atomic mass is 35.5. The van der Waals surface area contributed by atoms with Gasteiger partial charge in [0, 0.05) is 25.0 Å². The first kappa shape index (κ1) is 12.1. The van der Waals surface area contributed by atoms with Crippen molar-refractivity contribution in [2.75, 3.05) is 5.88 Å². The van der Waals surface area contributed by atoms with Crippen molar-refractivity contribution in [1.29, 1.82) is 0 Å². The summed E-state index contributed by atoms with van der Waals surface area (Å²) < 4.78 is 3.81. The van der Waals surface area contributed by atoms with E-state index in [1.165, 1.54) is 0 Å². The van der Waals surface area contributed by atoms with Crippen LogP contribution in [-0.4, -0.2) is 30.7 Å². The Kier molecular flexibility index (Phi) is 3.78. The Morgan fingerprint density at radius 1 is 1.41 bits per heavy atom. The molecular weight excluding hydrogens is 238 g/mol. The molecule has 0 aliphatic heterocycles. The van der Waals surface area contributed by atoms with Crippen molar-refractivity contribution in [2.45, 2.75) is 33.4 Å². The van der Waals surface area contributed by atoms with Crippen molar-refractivity contribution in [2.24, 2.45) is 0 Å². The molecule has 2 heterocycles. The van der Waals surface area contributed by atoms with Gasteiger partial charge in [-0.2, -0.15) is 5.10 Å². The number of hydrogen-bond acceptors (Lipinski definition) is 3. The summed E-state index contributed by atoms with van der Waals surface area (Å²) in [6.07, 6.45) is 2.69. The first-order chi connectivity index (χ1) is 8.22. The van der Waals surface area contributed by atoms with Crippen LogP contribution < -0.4 is 0 Å². The zero-order valence-electron chi connectivity index (χ0n) is 10.1. The predicted molar refractivity (Wildman–Crippen MR) is 66.2 cm³/mol. The average Bonchev–Trinajstić information content (AvgIpc) is 2.87. The molecule has 0 unspecified atom stereocenters. The van der Waals surface area contributed by atoms with Gasteiger partial charge in [-0.25, -0.2) is 4.68 Å². The van der Waals surface area contributed by atoms with E-state index in [1.54, 1.807) is 0 Å². The third kappa shape index (κ3) is 2.85. The molecule has 2 aromatic heterocycles. The lowest BCUT2D eigenvalue weighted by molar-refractivity contribution is 0.565. The molecule has 0 radical (unpaired) electrons. The normalized spacial score (nSPS) is 11.0. The van der Waals surface area contributed by atoms with E-state index < -0.39 is 0 Å². The highest BCUT2D eigenvalue weighted by Crippen LogP contribution is 2.06.